The fourth-order valence-corrected chi connectivity index (χ4v) is 4.21. The van der Waals surface area contributed by atoms with Gasteiger partial charge in [-0.2, -0.15) is 0 Å². The molecule has 0 heterocycles. The van der Waals surface area contributed by atoms with Crippen molar-refractivity contribution in [3.8, 4) is 0 Å². The molecule has 2 unspecified atom stereocenters. The summed E-state index contributed by atoms with van der Waals surface area (Å²) >= 11 is 0. The van der Waals surface area contributed by atoms with E-state index in [0.717, 1.165) is 12.0 Å². The molecule has 1 aliphatic rings. The number of nitrogens with zero attached hydrogens (tertiary/aromatic N) is 1. The summed E-state index contributed by atoms with van der Waals surface area (Å²) in [6.45, 7) is 8.52. The Bertz CT molecular complexity index is 613. The van der Waals surface area contributed by atoms with E-state index in [1.165, 1.54) is 4.90 Å². The van der Waals surface area contributed by atoms with E-state index in [1.807, 2.05) is 44.2 Å². The molecular weight excluding hydrogens is 318 g/mol. The third kappa shape index (κ3) is 3.97. The van der Waals surface area contributed by atoms with Gasteiger partial charge in [0.2, 0.25) is 0 Å². The highest BCUT2D eigenvalue weighted by molar-refractivity contribution is 5.85. The summed E-state index contributed by atoms with van der Waals surface area (Å²) in [5.41, 5.74) is -0.437. The summed E-state index contributed by atoms with van der Waals surface area (Å²) in [5, 5.41) is 10.0. The number of benzene rings is 1. The number of carboxylic acid groups (broad SMARTS) is 1. The number of amides is 1. The Morgan fingerprint density at radius 3 is 2.40 bits per heavy atom. The summed E-state index contributed by atoms with van der Waals surface area (Å²) in [6.07, 6.45) is 1.35. The second-order valence-corrected chi connectivity index (χ2v) is 7.87. The maximum Gasteiger partial charge on any atom is 0.411 e. The second-order valence-electron chi connectivity index (χ2n) is 7.87. The fourth-order valence-electron chi connectivity index (χ4n) is 4.21. The first kappa shape index (κ1) is 19.3. The monoisotopic (exact) mass is 347 g/mol. The van der Waals surface area contributed by atoms with E-state index < -0.39 is 17.6 Å². The number of aliphatic carboxylic acids is 1. The van der Waals surface area contributed by atoms with Crippen LogP contribution in [0.15, 0.2) is 30.3 Å². The lowest BCUT2D eigenvalue weighted by molar-refractivity contribution is -0.153. The molecule has 5 heteroatoms. The van der Waals surface area contributed by atoms with Crippen LogP contribution in [0.4, 0.5) is 4.79 Å². The van der Waals surface area contributed by atoms with E-state index in [1.54, 1.807) is 0 Å². The topological polar surface area (TPSA) is 66.8 Å². The standard InChI is InChI=1S/C20H29NO4/c1-5-11-21(18(24)25-13-16-9-7-6-8-10-16)20(17(22)23)14-19(3,4)12-15(20)2/h6-10,15H,5,11-14H2,1-4H3,(H,22,23). The van der Waals surface area contributed by atoms with E-state index in [0.29, 0.717) is 19.4 Å². The van der Waals surface area contributed by atoms with Crippen LogP contribution in [0, 0.1) is 11.3 Å². The summed E-state index contributed by atoms with van der Waals surface area (Å²) in [6, 6.07) is 9.43. The van der Waals surface area contributed by atoms with Gasteiger partial charge in [0.1, 0.15) is 12.1 Å². The zero-order chi connectivity index (χ0) is 18.7. The molecule has 25 heavy (non-hydrogen) atoms. The maximum absolute atomic E-state index is 12.8. The van der Waals surface area contributed by atoms with Crippen LogP contribution in [-0.4, -0.2) is 34.2 Å². The van der Waals surface area contributed by atoms with Crippen molar-refractivity contribution < 1.29 is 19.4 Å². The van der Waals surface area contributed by atoms with Crippen LogP contribution in [0.1, 0.15) is 52.5 Å². The van der Waals surface area contributed by atoms with Crippen LogP contribution in [0.3, 0.4) is 0 Å². The SMILES string of the molecule is CCCN(C(=O)OCc1ccccc1)C1(C(=O)O)CC(C)(C)CC1C. The van der Waals surface area contributed by atoms with Gasteiger partial charge in [-0.15, -0.1) is 0 Å². The van der Waals surface area contributed by atoms with Crippen LogP contribution in [-0.2, 0) is 16.1 Å². The first-order valence-corrected chi connectivity index (χ1v) is 8.94. The van der Waals surface area contributed by atoms with Crippen LogP contribution in [0.5, 0.6) is 0 Å². The first-order valence-electron chi connectivity index (χ1n) is 8.94. The molecule has 0 aromatic heterocycles. The number of carbonyl (C=O) groups excluding carboxylic acids is 1. The molecule has 2 rings (SSSR count). The molecule has 0 radical (unpaired) electrons. The average Bonchev–Trinajstić information content (AvgIpc) is 2.81. The number of carboxylic acids is 1. The third-order valence-corrected chi connectivity index (χ3v) is 5.15. The minimum absolute atomic E-state index is 0.122. The van der Waals surface area contributed by atoms with Crippen LogP contribution in [0.25, 0.3) is 0 Å². The van der Waals surface area contributed by atoms with E-state index in [2.05, 4.69) is 13.8 Å². The van der Waals surface area contributed by atoms with Gasteiger partial charge in [0, 0.05) is 6.54 Å². The van der Waals surface area contributed by atoms with Crippen molar-refractivity contribution in [1.29, 1.82) is 0 Å². The molecule has 1 saturated carbocycles. The molecule has 0 spiro atoms. The van der Waals surface area contributed by atoms with Crippen molar-refractivity contribution in [3.05, 3.63) is 35.9 Å². The minimum Gasteiger partial charge on any atom is -0.479 e. The predicted octanol–water partition coefficient (Wildman–Crippen LogP) is 4.31. The van der Waals surface area contributed by atoms with Crippen LogP contribution >= 0.6 is 0 Å². The van der Waals surface area contributed by atoms with Gasteiger partial charge in [0.25, 0.3) is 0 Å². The Morgan fingerprint density at radius 2 is 1.92 bits per heavy atom. The van der Waals surface area contributed by atoms with Gasteiger partial charge in [-0.25, -0.2) is 9.59 Å². The highest BCUT2D eigenvalue weighted by Gasteiger charge is 2.59. The number of hydrogen-bond donors (Lipinski definition) is 1. The molecule has 1 fully saturated rings. The van der Waals surface area contributed by atoms with Crippen molar-refractivity contribution in [2.75, 3.05) is 6.54 Å². The summed E-state index contributed by atoms with van der Waals surface area (Å²) < 4.78 is 5.47. The quantitative estimate of drug-likeness (QED) is 0.832. The highest BCUT2D eigenvalue weighted by Crippen LogP contribution is 2.50. The number of ether oxygens (including phenoxy) is 1. The molecule has 1 aromatic rings. The molecule has 138 valence electrons. The van der Waals surface area contributed by atoms with Gasteiger partial charge in [0.05, 0.1) is 0 Å². The largest absolute Gasteiger partial charge is 0.479 e. The maximum atomic E-state index is 12.8. The van der Waals surface area contributed by atoms with Crippen molar-refractivity contribution in [1.82, 2.24) is 4.90 Å². The lowest BCUT2D eigenvalue weighted by atomic mass is 9.84. The van der Waals surface area contributed by atoms with E-state index in [-0.39, 0.29) is 17.9 Å². The summed E-state index contributed by atoms with van der Waals surface area (Å²) in [7, 11) is 0. The van der Waals surface area contributed by atoms with Gasteiger partial charge < -0.3 is 9.84 Å². The number of rotatable bonds is 6. The lowest BCUT2D eigenvalue weighted by Crippen LogP contribution is -2.59. The Kier molecular flexibility index (Phi) is 5.76. The Morgan fingerprint density at radius 1 is 1.28 bits per heavy atom. The van der Waals surface area contributed by atoms with Gasteiger partial charge in [0.15, 0.2) is 0 Å². The van der Waals surface area contributed by atoms with Gasteiger partial charge in [-0.1, -0.05) is 58.0 Å². The molecule has 1 aromatic carbocycles. The molecule has 0 aliphatic heterocycles. The van der Waals surface area contributed by atoms with Gasteiger partial charge >= 0.3 is 12.1 Å². The summed E-state index contributed by atoms with van der Waals surface area (Å²) in [4.78, 5) is 26.5. The van der Waals surface area contributed by atoms with Crippen LogP contribution < -0.4 is 0 Å². The van der Waals surface area contributed by atoms with Crippen molar-refractivity contribution in [2.24, 2.45) is 11.3 Å². The minimum atomic E-state index is -1.20. The fraction of sp³-hybridized carbons (Fsp3) is 0.600. The van der Waals surface area contributed by atoms with Gasteiger partial charge in [-0.3, -0.25) is 4.90 Å². The highest BCUT2D eigenvalue weighted by atomic mass is 16.6. The van der Waals surface area contributed by atoms with E-state index in [9.17, 15) is 14.7 Å². The summed E-state index contributed by atoms with van der Waals surface area (Å²) in [5.74, 6) is -1.06. The van der Waals surface area contributed by atoms with Gasteiger partial charge in [-0.05, 0) is 36.2 Å². The van der Waals surface area contributed by atoms with Crippen molar-refractivity contribution in [2.45, 2.75) is 59.1 Å². The lowest BCUT2D eigenvalue weighted by Gasteiger charge is -2.40. The van der Waals surface area contributed by atoms with Crippen LogP contribution in [0.2, 0.25) is 0 Å². The molecule has 5 nitrogen and oxygen atoms in total. The van der Waals surface area contributed by atoms with Crippen molar-refractivity contribution in [3.63, 3.8) is 0 Å². The molecule has 0 saturated heterocycles. The molecule has 2 atom stereocenters. The Labute approximate surface area is 150 Å². The molecule has 1 aliphatic carbocycles. The average molecular weight is 347 g/mol. The zero-order valence-electron chi connectivity index (χ0n) is 15.6. The smallest absolute Gasteiger partial charge is 0.411 e. The molecule has 1 N–H and O–H groups in total. The third-order valence-electron chi connectivity index (χ3n) is 5.15. The molecule has 0 bridgehead atoms. The normalized spacial score (nSPS) is 24.7. The number of hydrogen-bond acceptors (Lipinski definition) is 3. The van der Waals surface area contributed by atoms with E-state index >= 15 is 0 Å². The molecular formula is C20H29NO4. The number of carbonyl (C=O) groups is 2. The Hall–Kier alpha value is -2.04. The Balaban J connectivity index is 2.24. The predicted molar refractivity (Wildman–Crippen MR) is 96.2 cm³/mol. The molecule has 1 amide bonds. The first-order chi connectivity index (χ1) is 11.7. The van der Waals surface area contributed by atoms with Crippen molar-refractivity contribution >= 4 is 12.1 Å². The second kappa shape index (κ2) is 7.46. The zero-order valence-corrected chi connectivity index (χ0v) is 15.6. The van der Waals surface area contributed by atoms with E-state index in [4.69, 9.17) is 4.74 Å².